The molecule has 0 bridgehead atoms. The number of ether oxygens (including phenoxy) is 2. The van der Waals surface area contributed by atoms with Crippen LogP contribution < -0.4 is 0 Å². The summed E-state index contributed by atoms with van der Waals surface area (Å²) in [5, 5.41) is 0. The van der Waals surface area contributed by atoms with E-state index in [-0.39, 0.29) is 0 Å². The van der Waals surface area contributed by atoms with Crippen LogP contribution in [0.2, 0.25) is 0 Å². The van der Waals surface area contributed by atoms with Crippen molar-refractivity contribution in [2.75, 3.05) is 0 Å². The number of hydrogen-bond acceptors (Lipinski definition) is 4. The Kier molecular flexibility index (Phi) is 4.15. The van der Waals surface area contributed by atoms with E-state index < -0.39 is 35.9 Å². The number of rotatable bonds is 2. The molecule has 2 atom stereocenters. The third-order valence-electron chi connectivity index (χ3n) is 2.10. The van der Waals surface area contributed by atoms with Crippen molar-refractivity contribution in [2.24, 2.45) is 0 Å². The topological polar surface area (TPSA) is 52.6 Å². The minimum Gasteiger partial charge on any atom is -0.454 e. The second-order valence-corrected chi connectivity index (χ2v) is 3.61. The average Bonchev–Trinajstić information content (AvgIpc) is 2.17. The molecule has 4 nitrogen and oxygen atoms in total. The van der Waals surface area contributed by atoms with Crippen LogP contribution in [-0.4, -0.2) is 30.3 Å². The van der Waals surface area contributed by atoms with E-state index in [1.54, 1.807) is 0 Å². The Hall–Kier alpha value is -1.79. The Bertz CT molecular complexity index is 409. The SMILES string of the molecule is CC(=O)O[C@H]1C=CC=C(C(F)(F)F)[C@@H]1OC(C)=O. The highest BCUT2D eigenvalue weighted by Crippen LogP contribution is 2.34. The highest BCUT2D eigenvalue weighted by Gasteiger charge is 2.45. The van der Waals surface area contributed by atoms with Crippen LogP contribution in [0.25, 0.3) is 0 Å². The Labute approximate surface area is 101 Å². The standard InChI is InChI=1S/C11H11F3O4/c1-6(15)17-9-5-3-4-8(11(12,13)14)10(9)18-7(2)16/h3-5,9-10H,1-2H3/t9-,10-/m0/s1. The van der Waals surface area contributed by atoms with Gasteiger partial charge in [0, 0.05) is 13.8 Å². The van der Waals surface area contributed by atoms with Gasteiger partial charge >= 0.3 is 18.1 Å². The first-order valence-corrected chi connectivity index (χ1v) is 5.02. The van der Waals surface area contributed by atoms with Crippen molar-refractivity contribution in [2.45, 2.75) is 32.2 Å². The second kappa shape index (κ2) is 5.24. The maximum Gasteiger partial charge on any atom is 0.416 e. The lowest BCUT2D eigenvalue weighted by Crippen LogP contribution is -2.40. The van der Waals surface area contributed by atoms with Gasteiger partial charge in [0.05, 0.1) is 5.57 Å². The highest BCUT2D eigenvalue weighted by molar-refractivity contribution is 5.68. The van der Waals surface area contributed by atoms with Gasteiger partial charge in [-0.15, -0.1) is 0 Å². The minimum absolute atomic E-state index is 0.759. The first kappa shape index (κ1) is 14.3. The van der Waals surface area contributed by atoms with Crippen LogP contribution in [0.1, 0.15) is 13.8 Å². The molecule has 0 aromatic heterocycles. The van der Waals surface area contributed by atoms with Crippen LogP contribution in [0.4, 0.5) is 13.2 Å². The average molecular weight is 264 g/mol. The van der Waals surface area contributed by atoms with E-state index in [9.17, 15) is 22.8 Å². The molecule has 0 unspecified atom stereocenters. The quantitative estimate of drug-likeness (QED) is 0.715. The number of allylic oxidation sites excluding steroid dienone is 2. The number of halogens is 3. The highest BCUT2D eigenvalue weighted by atomic mass is 19.4. The van der Waals surface area contributed by atoms with E-state index >= 15 is 0 Å². The summed E-state index contributed by atoms with van der Waals surface area (Å²) in [4.78, 5) is 21.6. The van der Waals surface area contributed by atoms with Gasteiger partial charge in [-0.3, -0.25) is 9.59 Å². The number of alkyl halides is 3. The molecule has 0 N–H and O–H groups in total. The first-order valence-electron chi connectivity index (χ1n) is 5.02. The molecule has 0 heterocycles. The maximum atomic E-state index is 12.7. The van der Waals surface area contributed by atoms with Crippen molar-refractivity contribution in [1.82, 2.24) is 0 Å². The normalized spacial score (nSPS) is 23.3. The molecule has 1 rings (SSSR count). The molecule has 0 aromatic carbocycles. The smallest absolute Gasteiger partial charge is 0.416 e. The predicted molar refractivity (Wildman–Crippen MR) is 54.4 cm³/mol. The van der Waals surface area contributed by atoms with Crippen LogP contribution in [0, 0.1) is 0 Å². The number of esters is 2. The Morgan fingerprint density at radius 3 is 2.17 bits per heavy atom. The van der Waals surface area contributed by atoms with Crippen molar-refractivity contribution >= 4 is 11.9 Å². The minimum atomic E-state index is -4.66. The lowest BCUT2D eigenvalue weighted by atomic mass is 9.98. The van der Waals surface area contributed by atoms with E-state index in [1.165, 1.54) is 6.08 Å². The van der Waals surface area contributed by atoms with Gasteiger partial charge in [0.15, 0.2) is 12.2 Å². The molecule has 0 aromatic rings. The molecule has 18 heavy (non-hydrogen) atoms. The monoisotopic (exact) mass is 264 g/mol. The molecule has 0 fully saturated rings. The van der Waals surface area contributed by atoms with Crippen LogP contribution in [-0.2, 0) is 19.1 Å². The molecule has 1 aliphatic carbocycles. The molecule has 0 amide bonds. The molecule has 1 aliphatic rings. The fourth-order valence-corrected chi connectivity index (χ4v) is 1.50. The zero-order valence-corrected chi connectivity index (χ0v) is 9.65. The second-order valence-electron chi connectivity index (χ2n) is 3.61. The van der Waals surface area contributed by atoms with Crippen molar-refractivity contribution in [1.29, 1.82) is 0 Å². The lowest BCUT2D eigenvalue weighted by molar-refractivity contribution is -0.166. The molecule has 0 aliphatic heterocycles. The maximum absolute atomic E-state index is 12.7. The van der Waals surface area contributed by atoms with Gasteiger partial charge in [-0.2, -0.15) is 13.2 Å². The summed E-state index contributed by atoms with van der Waals surface area (Å²) < 4.78 is 47.4. The van der Waals surface area contributed by atoms with Crippen LogP contribution in [0.5, 0.6) is 0 Å². The zero-order valence-electron chi connectivity index (χ0n) is 9.65. The summed E-state index contributed by atoms with van der Waals surface area (Å²) >= 11 is 0. The van der Waals surface area contributed by atoms with E-state index in [0.29, 0.717) is 0 Å². The molecule has 0 saturated carbocycles. The van der Waals surface area contributed by atoms with Crippen LogP contribution >= 0.6 is 0 Å². The van der Waals surface area contributed by atoms with Gasteiger partial charge in [0.2, 0.25) is 0 Å². The summed E-state index contributed by atoms with van der Waals surface area (Å²) in [5.41, 5.74) is -1.06. The van der Waals surface area contributed by atoms with Gasteiger partial charge in [-0.25, -0.2) is 0 Å². The Morgan fingerprint density at radius 1 is 1.17 bits per heavy atom. The third kappa shape index (κ3) is 3.61. The number of carbonyl (C=O) groups is 2. The van der Waals surface area contributed by atoms with Crippen molar-refractivity contribution < 1.29 is 32.2 Å². The van der Waals surface area contributed by atoms with Gasteiger partial charge in [0.25, 0.3) is 0 Å². The molecular formula is C11H11F3O4. The summed E-state index contributed by atoms with van der Waals surface area (Å²) in [7, 11) is 0. The van der Waals surface area contributed by atoms with Crippen LogP contribution in [0.3, 0.4) is 0 Å². The molecule has 7 heteroatoms. The van der Waals surface area contributed by atoms with E-state index in [4.69, 9.17) is 0 Å². The molecule has 0 radical (unpaired) electrons. The largest absolute Gasteiger partial charge is 0.454 e. The molecular weight excluding hydrogens is 253 g/mol. The van der Waals surface area contributed by atoms with Crippen molar-refractivity contribution in [3.63, 3.8) is 0 Å². The Morgan fingerprint density at radius 2 is 1.72 bits per heavy atom. The summed E-state index contributed by atoms with van der Waals surface area (Å²) in [6, 6.07) is 0. The van der Waals surface area contributed by atoms with E-state index in [2.05, 4.69) is 9.47 Å². The van der Waals surface area contributed by atoms with Gasteiger partial charge in [0.1, 0.15) is 0 Å². The number of hydrogen-bond donors (Lipinski definition) is 0. The van der Waals surface area contributed by atoms with E-state index in [1.807, 2.05) is 0 Å². The van der Waals surface area contributed by atoms with Crippen LogP contribution in [0.15, 0.2) is 23.8 Å². The van der Waals surface area contributed by atoms with Crippen molar-refractivity contribution in [3.8, 4) is 0 Å². The summed E-state index contributed by atoms with van der Waals surface area (Å²) in [6.45, 7) is 2.04. The lowest BCUT2D eigenvalue weighted by Gasteiger charge is -2.29. The first-order chi connectivity index (χ1) is 8.21. The predicted octanol–water partition coefficient (Wildman–Crippen LogP) is 1.91. The van der Waals surface area contributed by atoms with E-state index in [0.717, 1.165) is 26.0 Å². The summed E-state index contributed by atoms with van der Waals surface area (Å²) in [5.74, 6) is -1.65. The van der Waals surface area contributed by atoms with Gasteiger partial charge in [-0.1, -0.05) is 12.2 Å². The molecule has 0 spiro atoms. The Balaban J connectivity index is 3.02. The fraction of sp³-hybridized carbons (Fsp3) is 0.455. The molecule has 0 saturated heterocycles. The molecule has 100 valence electrons. The fourth-order valence-electron chi connectivity index (χ4n) is 1.50. The van der Waals surface area contributed by atoms with Gasteiger partial charge < -0.3 is 9.47 Å². The third-order valence-corrected chi connectivity index (χ3v) is 2.10. The zero-order chi connectivity index (χ0) is 13.9. The van der Waals surface area contributed by atoms with Gasteiger partial charge in [-0.05, 0) is 6.08 Å². The van der Waals surface area contributed by atoms with Crippen molar-refractivity contribution in [3.05, 3.63) is 23.8 Å². The number of carbonyl (C=O) groups excluding carboxylic acids is 2. The summed E-state index contributed by atoms with van der Waals surface area (Å²) in [6.07, 6.45) is -4.48.